The minimum Gasteiger partial charge on any atom is -0.388 e. The third-order valence-electron chi connectivity index (χ3n) is 3.33. The van der Waals surface area contributed by atoms with Crippen molar-refractivity contribution in [2.45, 2.75) is 18.9 Å². The fraction of sp³-hybridized carbons (Fsp3) is 0.417. The molecule has 20 heavy (non-hydrogen) atoms. The SMILES string of the molecule is NC1CCN(c2cc(-c3n[nH]c(=O)o3)cc(Cl)n2)CC1. The molecule has 0 spiro atoms. The topological polar surface area (TPSA) is 101 Å². The van der Waals surface area contributed by atoms with Gasteiger partial charge in [-0.25, -0.2) is 14.9 Å². The quantitative estimate of drug-likeness (QED) is 0.802. The lowest BCUT2D eigenvalue weighted by atomic mass is 10.1. The summed E-state index contributed by atoms with van der Waals surface area (Å²) in [4.78, 5) is 17.4. The molecule has 1 fully saturated rings. The van der Waals surface area contributed by atoms with Gasteiger partial charge in [-0.2, -0.15) is 0 Å². The van der Waals surface area contributed by atoms with E-state index < -0.39 is 5.76 Å². The molecule has 0 bridgehead atoms. The Morgan fingerprint density at radius 1 is 1.40 bits per heavy atom. The molecule has 1 aliphatic heterocycles. The van der Waals surface area contributed by atoms with Crippen molar-refractivity contribution in [3.05, 3.63) is 27.8 Å². The molecule has 2 aromatic heterocycles. The number of anilines is 1. The molecule has 2 aromatic rings. The fourth-order valence-corrected chi connectivity index (χ4v) is 2.45. The average Bonchev–Trinajstić information content (AvgIpc) is 2.85. The zero-order valence-electron chi connectivity index (χ0n) is 10.7. The normalized spacial score (nSPS) is 16.6. The molecule has 0 saturated carbocycles. The molecule has 7 nitrogen and oxygen atoms in total. The summed E-state index contributed by atoms with van der Waals surface area (Å²) in [6.45, 7) is 1.66. The van der Waals surface area contributed by atoms with Crippen molar-refractivity contribution < 1.29 is 4.42 Å². The second kappa shape index (κ2) is 5.26. The molecule has 106 valence electrons. The van der Waals surface area contributed by atoms with E-state index in [1.165, 1.54) is 0 Å². The van der Waals surface area contributed by atoms with Gasteiger partial charge < -0.3 is 15.1 Å². The van der Waals surface area contributed by atoms with Gasteiger partial charge in [0.05, 0.1) is 0 Å². The first-order valence-corrected chi connectivity index (χ1v) is 6.73. The van der Waals surface area contributed by atoms with Crippen molar-refractivity contribution in [2.75, 3.05) is 18.0 Å². The maximum absolute atomic E-state index is 11.0. The Morgan fingerprint density at radius 2 is 2.15 bits per heavy atom. The number of nitrogens with one attached hydrogen (secondary N) is 1. The summed E-state index contributed by atoms with van der Waals surface area (Å²) in [5.41, 5.74) is 6.51. The third kappa shape index (κ3) is 2.68. The highest BCUT2D eigenvalue weighted by atomic mass is 35.5. The third-order valence-corrected chi connectivity index (χ3v) is 3.52. The van der Waals surface area contributed by atoms with Gasteiger partial charge in [0.1, 0.15) is 11.0 Å². The van der Waals surface area contributed by atoms with E-state index in [0.29, 0.717) is 10.7 Å². The number of rotatable bonds is 2. The molecule has 0 atom stereocenters. The van der Waals surface area contributed by atoms with E-state index in [2.05, 4.69) is 20.1 Å². The van der Waals surface area contributed by atoms with Crippen LogP contribution in [0.15, 0.2) is 21.3 Å². The number of nitrogens with two attached hydrogens (primary N) is 1. The number of nitrogens with zero attached hydrogens (tertiary/aromatic N) is 3. The van der Waals surface area contributed by atoms with Crippen LogP contribution in [0.25, 0.3) is 11.5 Å². The van der Waals surface area contributed by atoms with Crippen LogP contribution in [0, 0.1) is 0 Å². The van der Waals surface area contributed by atoms with E-state index in [1.807, 2.05) is 6.07 Å². The van der Waals surface area contributed by atoms with E-state index in [4.69, 9.17) is 21.8 Å². The van der Waals surface area contributed by atoms with E-state index >= 15 is 0 Å². The van der Waals surface area contributed by atoms with E-state index in [1.54, 1.807) is 6.07 Å². The maximum atomic E-state index is 11.0. The number of H-pyrrole nitrogens is 1. The summed E-state index contributed by atoms with van der Waals surface area (Å²) in [6, 6.07) is 3.66. The Bertz CT molecular complexity index is 660. The summed E-state index contributed by atoms with van der Waals surface area (Å²) in [7, 11) is 0. The molecule has 8 heteroatoms. The van der Waals surface area contributed by atoms with Gasteiger partial charge in [0.25, 0.3) is 0 Å². The van der Waals surface area contributed by atoms with Crippen molar-refractivity contribution in [1.29, 1.82) is 0 Å². The minimum atomic E-state index is -0.599. The van der Waals surface area contributed by atoms with Crippen LogP contribution in [0.2, 0.25) is 5.15 Å². The molecular formula is C12H14ClN5O2. The predicted octanol–water partition coefficient (Wildman–Crippen LogP) is 1.01. The summed E-state index contributed by atoms with van der Waals surface area (Å²) in [6.07, 6.45) is 1.84. The Labute approximate surface area is 119 Å². The van der Waals surface area contributed by atoms with Crippen molar-refractivity contribution >= 4 is 17.4 Å². The molecule has 1 saturated heterocycles. The Hall–Kier alpha value is -1.86. The smallest absolute Gasteiger partial charge is 0.388 e. The molecule has 1 aliphatic rings. The van der Waals surface area contributed by atoms with Gasteiger partial charge in [0.2, 0.25) is 5.89 Å². The average molecular weight is 296 g/mol. The monoisotopic (exact) mass is 295 g/mol. The second-order valence-electron chi connectivity index (χ2n) is 4.78. The largest absolute Gasteiger partial charge is 0.434 e. The summed E-state index contributed by atoms with van der Waals surface area (Å²) in [5, 5.41) is 6.35. The van der Waals surface area contributed by atoms with E-state index in [-0.39, 0.29) is 11.9 Å². The lowest BCUT2D eigenvalue weighted by molar-refractivity contribution is 0.498. The first-order chi connectivity index (χ1) is 9.61. The van der Waals surface area contributed by atoms with Gasteiger partial charge >= 0.3 is 5.76 Å². The van der Waals surface area contributed by atoms with E-state index in [9.17, 15) is 4.79 Å². The lowest BCUT2D eigenvalue weighted by Crippen LogP contribution is -2.40. The number of pyridine rings is 1. The van der Waals surface area contributed by atoms with Gasteiger partial charge in [-0.05, 0) is 25.0 Å². The molecular weight excluding hydrogens is 282 g/mol. The second-order valence-corrected chi connectivity index (χ2v) is 5.17. The van der Waals surface area contributed by atoms with Crippen molar-refractivity contribution in [3.63, 3.8) is 0 Å². The fourth-order valence-electron chi connectivity index (χ4n) is 2.25. The first-order valence-electron chi connectivity index (χ1n) is 6.36. The summed E-state index contributed by atoms with van der Waals surface area (Å²) >= 11 is 6.03. The zero-order valence-corrected chi connectivity index (χ0v) is 11.4. The number of piperidine rings is 1. The maximum Gasteiger partial charge on any atom is 0.434 e. The zero-order chi connectivity index (χ0) is 14.1. The van der Waals surface area contributed by atoms with Crippen LogP contribution >= 0.6 is 11.6 Å². The number of aromatic nitrogens is 3. The molecule has 3 rings (SSSR count). The first kappa shape index (κ1) is 13.1. The van der Waals surface area contributed by atoms with Crippen molar-refractivity contribution in [1.82, 2.24) is 15.2 Å². The highest BCUT2D eigenvalue weighted by Gasteiger charge is 2.19. The number of halogens is 1. The lowest BCUT2D eigenvalue weighted by Gasteiger charge is -2.31. The van der Waals surface area contributed by atoms with E-state index in [0.717, 1.165) is 31.7 Å². The molecule has 3 N–H and O–H groups in total. The minimum absolute atomic E-state index is 0.203. The number of hydrogen-bond acceptors (Lipinski definition) is 6. The number of aromatic amines is 1. The van der Waals surface area contributed by atoms with Crippen LogP contribution < -0.4 is 16.4 Å². The van der Waals surface area contributed by atoms with Crippen LogP contribution in [-0.4, -0.2) is 34.3 Å². The standard InChI is InChI=1S/C12H14ClN5O2/c13-9-5-7(11-16-17-12(19)20-11)6-10(15-9)18-3-1-8(14)2-4-18/h5-6,8H,1-4,14H2,(H,17,19). The highest BCUT2D eigenvalue weighted by molar-refractivity contribution is 6.29. The molecule has 0 radical (unpaired) electrons. The van der Waals surface area contributed by atoms with Crippen LogP contribution in [-0.2, 0) is 0 Å². The number of hydrogen-bond donors (Lipinski definition) is 2. The predicted molar refractivity (Wildman–Crippen MR) is 74.8 cm³/mol. The van der Waals surface area contributed by atoms with Crippen molar-refractivity contribution in [3.8, 4) is 11.5 Å². The van der Waals surface area contributed by atoms with Crippen LogP contribution in [0.1, 0.15) is 12.8 Å². The Kier molecular flexibility index (Phi) is 3.45. The molecule has 0 aliphatic carbocycles. The summed E-state index contributed by atoms with van der Waals surface area (Å²) < 4.78 is 4.94. The van der Waals surface area contributed by atoms with Gasteiger partial charge in [-0.3, -0.25) is 0 Å². The van der Waals surface area contributed by atoms with Gasteiger partial charge in [-0.1, -0.05) is 11.6 Å². The van der Waals surface area contributed by atoms with Gasteiger partial charge in [0, 0.05) is 24.7 Å². The Morgan fingerprint density at radius 3 is 2.80 bits per heavy atom. The van der Waals surface area contributed by atoms with Crippen LogP contribution in [0.4, 0.5) is 5.82 Å². The molecule has 0 amide bonds. The van der Waals surface area contributed by atoms with Crippen molar-refractivity contribution in [2.24, 2.45) is 5.73 Å². The van der Waals surface area contributed by atoms with Crippen LogP contribution in [0.5, 0.6) is 0 Å². The highest BCUT2D eigenvalue weighted by Crippen LogP contribution is 2.26. The Balaban J connectivity index is 1.92. The van der Waals surface area contributed by atoms with Gasteiger partial charge in [0.15, 0.2) is 0 Å². The van der Waals surface area contributed by atoms with Crippen LogP contribution in [0.3, 0.4) is 0 Å². The van der Waals surface area contributed by atoms with Gasteiger partial charge in [-0.15, -0.1) is 5.10 Å². The molecule has 3 heterocycles. The molecule has 0 aromatic carbocycles. The summed E-state index contributed by atoms with van der Waals surface area (Å²) in [5.74, 6) is 0.345. The molecule has 0 unspecified atom stereocenters.